The summed E-state index contributed by atoms with van der Waals surface area (Å²) in [6.07, 6.45) is 8.72. The maximum absolute atomic E-state index is 5.99. The van der Waals surface area contributed by atoms with Crippen molar-refractivity contribution in [2.75, 3.05) is 0 Å². The first-order valence-electron chi connectivity index (χ1n) is 6.44. The fraction of sp³-hybridized carbons (Fsp3) is 0.429. The van der Waals surface area contributed by atoms with Crippen molar-refractivity contribution in [3.05, 3.63) is 36.2 Å². The van der Waals surface area contributed by atoms with Crippen LogP contribution in [-0.4, -0.2) is 14.8 Å². The average molecular weight is 262 g/mol. The molecule has 1 fully saturated rings. The molecule has 3 nitrogen and oxygen atoms in total. The number of rotatable bonds is 3. The summed E-state index contributed by atoms with van der Waals surface area (Å²) >= 11 is 5.99. The highest BCUT2D eigenvalue weighted by Gasteiger charge is 2.21. The molecule has 2 aromatic heterocycles. The molecule has 0 saturated heterocycles. The second-order valence-electron chi connectivity index (χ2n) is 4.74. The Morgan fingerprint density at radius 3 is 2.83 bits per heavy atom. The van der Waals surface area contributed by atoms with Crippen LogP contribution >= 0.6 is 11.6 Å². The third kappa shape index (κ3) is 2.03. The second kappa shape index (κ2) is 5.11. The standard InChI is InChI=1S/C14H16ClN3/c15-10-11-4-3-8-16-14(11)13-7-9-17-18(13)12-5-1-2-6-12/h3-4,7-9,12H,1-2,5-6,10H2. The van der Waals surface area contributed by atoms with Gasteiger partial charge in [-0.15, -0.1) is 11.6 Å². The van der Waals surface area contributed by atoms with Crippen LogP contribution in [0.15, 0.2) is 30.6 Å². The van der Waals surface area contributed by atoms with E-state index in [0.29, 0.717) is 11.9 Å². The lowest BCUT2D eigenvalue weighted by Gasteiger charge is -2.15. The zero-order valence-corrected chi connectivity index (χ0v) is 11.0. The van der Waals surface area contributed by atoms with Crippen LogP contribution in [0.2, 0.25) is 0 Å². The van der Waals surface area contributed by atoms with Crippen LogP contribution in [0.5, 0.6) is 0 Å². The van der Waals surface area contributed by atoms with Gasteiger partial charge in [0.25, 0.3) is 0 Å². The fourth-order valence-corrected chi connectivity index (χ4v) is 2.93. The zero-order chi connectivity index (χ0) is 12.4. The smallest absolute Gasteiger partial charge is 0.0927 e. The van der Waals surface area contributed by atoms with Crippen molar-refractivity contribution >= 4 is 11.6 Å². The monoisotopic (exact) mass is 261 g/mol. The van der Waals surface area contributed by atoms with Crippen molar-refractivity contribution in [2.45, 2.75) is 37.6 Å². The summed E-state index contributed by atoms with van der Waals surface area (Å²) in [6, 6.07) is 6.52. The van der Waals surface area contributed by atoms with E-state index in [9.17, 15) is 0 Å². The number of halogens is 1. The Morgan fingerprint density at radius 1 is 1.22 bits per heavy atom. The highest BCUT2D eigenvalue weighted by Crippen LogP contribution is 2.33. The molecule has 1 aliphatic rings. The van der Waals surface area contributed by atoms with E-state index in [2.05, 4.69) is 14.8 Å². The van der Waals surface area contributed by atoms with Gasteiger partial charge in [0.2, 0.25) is 0 Å². The predicted octanol–water partition coefficient (Wildman–Crippen LogP) is 3.80. The molecule has 94 valence electrons. The van der Waals surface area contributed by atoms with Gasteiger partial charge in [0.05, 0.1) is 17.4 Å². The quantitative estimate of drug-likeness (QED) is 0.787. The van der Waals surface area contributed by atoms with E-state index in [1.54, 1.807) is 0 Å². The number of nitrogens with zero attached hydrogens (tertiary/aromatic N) is 3. The van der Waals surface area contributed by atoms with Crippen LogP contribution in [0.3, 0.4) is 0 Å². The van der Waals surface area contributed by atoms with E-state index < -0.39 is 0 Å². The molecule has 0 bridgehead atoms. The minimum absolute atomic E-state index is 0.485. The van der Waals surface area contributed by atoms with Crippen LogP contribution in [-0.2, 0) is 5.88 Å². The molecular formula is C14H16ClN3. The Labute approximate surface area is 112 Å². The maximum atomic E-state index is 5.99. The van der Waals surface area contributed by atoms with Gasteiger partial charge in [0, 0.05) is 18.3 Å². The number of pyridine rings is 1. The second-order valence-corrected chi connectivity index (χ2v) is 5.01. The lowest BCUT2D eigenvalue weighted by atomic mass is 10.1. The molecule has 0 spiro atoms. The lowest BCUT2D eigenvalue weighted by Crippen LogP contribution is -2.09. The Morgan fingerprint density at radius 2 is 2.06 bits per heavy atom. The first kappa shape index (κ1) is 11.7. The van der Waals surface area contributed by atoms with Crippen LogP contribution in [0.1, 0.15) is 37.3 Å². The van der Waals surface area contributed by atoms with Gasteiger partial charge in [-0.3, -0.25) is 9.67 Å². The van der Waals surface area contributed by atoms with E-state index in [4.69, 9.17) is 11.6 Å². The summed E-state index contributed by atoms with van der Waals surface area (Å²) in [4.78, 5) is 4.48. The van der Waals surface area contributed by atoms with Gasteiger partial charge in [-0.05, 0) is 30.5 Å². The number of aromatic nitrogens is 3. The van der Waals surface area contributed by atoms with Crippen molar-refractivity contribution < 1.29 is 0 Å². The van der Waals surface area contributed by atoms with E-state index in [0.717, 1.165) is 17.0 Å². The SMILES string of the molecule is ClCc1cccnc1-c1ccnn1C1CCCC1. The summed E-state index contributed by atoms with van der Waals surface area (Å²) in [6.45, 7) is 0. The van der Waals surface area contributed by atoms with E-state index in [-0.39, 0.29) is 0 Å². The van der Waals surface area contributed by atoms with E-state index in [1.807, 2.05) is 30.6 Å². The molecule has 0 atom stereocenters. The Balaban J connectivity index is 2.03. The predicted molar refractivity (Wildman–Crippen MR) is 72.5 cm³/mol. The Hall–Kier alpha value is -1.35. The van der Waals surface area contributed by atoms with Crippen molar-refractivity contribution in [1.29, 1.82) is 0 Å². The highest BCUT2D eigenvalue weighted by molar-refractivity contribution is 6.17. The minimum Gasteiger partial charge on any atom is -0.260 e. The van der Waals surface area contributed by atoms with Crippen LogP contribution in [0.25, 0.3) is 11.4 Å². The first-order valence-corrected chi connectivity index (χ1v) is 6.97. The van der Waals surface area contributed by atoms with Gasteiger partial charge in [-0.25, -0.2) is 0 Å². The van der Waals surface area contributed by atoms with E-state index >= 15 is 0 Å². The van der Waals surface area contributed by atoms with Crippen LogP contribution < -0.4 is 0 Å². The number of alkyl halides is 1. The Kier molecular flexibility index (Phi) is 3.33. The van der Waals surface area contributed by atoms with Crippen LogP contribution in [0.4, 0.5) is 0 Å². The minimum atomic E-state index is 0.485. The summed E-state index contributed by atoms with van der Waals surface area (Å²) in [5.41, 5.74) is 3.13. The van der Waals surface area contributed by atoms with Crippen molar-refractivity contribution in [1.82, 2.24) is 14.8 Å². The molecule has 0 aliphatic heterocycles. The molecule has 1 aliphatic carbocycles. The van der Waals surface area contributed by atoms with Gasteiger partial charge in [0.15, 0.2) is 0 Å². The summed E-state index contributed by atoms with van der Waals surface area (Å²) in [5.74, 6) is 0.485. The molecule has 0 amide bonds. The third-order valence-corrected chi connectivity index (χ3v) is 3.91. The molecule has 0 unspecified atom stereocenters. The number of hydrogen-bond donors (Lipinski definition) is 0. The summed E-state index contributed by atoms with van der Waals surface area (Å²) < 4.78 is 2.13. The van der Waals surface area contributed by atoms with E-state index in [1.165, 1.54) is 25.7 Å². The van der Waals surface area contributed by atoms with Gasteiger partial charge in [-0.1, -0.05) is 18.9 Å². The highest BCUT2D eigenvalue weighted by atomic mass is 35.5. The summed E-state index contributed by atoms with van der Waals surface area (Å²) in [7, 11) is 0. The molecule has 0 radical (unpaired) electrons. The van der Waals surface area contributed by atoms with Crippen LogP contribution in [0, 0.1) is 0 Å². The summed E-state index contributed by atoms with van der Waals surface area (Å²) in [5, 5.41) is 4.48. The molecule has 18 heavy (non-hydrogen) atoms. The van der Waals surface area contributed by atoms with Crippen molar-refractivity contribution in [3.8, 4) is 11.4 Å². The lowest BCUT2D eigenvalue weighted by molar-refractivity contribution is 0.471. The topological polar surface area (TPSA) is 30.7 Å². The maximum Gasteiger partial charge on any atom is 0.0927 e. The van der Waals surface area contributed by atoms with Crippen molar-refractivity contribution in [3.63, 3.8) is 0 Å². The van der Waals surface area contributed by atoms with Gasteiger partial charge in [0.1, 0.15) is 0 Å². The van der Waals surface area contributed by atoms with Crippen molar-refractivity contribution in [2.24, 2.45) is 0 Å². The molecular weight excluding hydrogens is 246 g/mol. The fourth-order valence-electron chi connectivity index (χ4n) is 2.72. The Bertz CT molecular complexity index is 529. The van der Waals surface area contributed by atoms with Gasteiger partial charge >= 0.3 is 0 Å². The molecule has 2 heterocycles. The van der Waals surface area contributed by atoms with Gasteiger partial charge in [-0.2, -0.15) is 5.10 Å². The molecule has 3 rings (SSSR count). The third-order valence-electron chi connectivity index (χ3n) is 3.62. The average Bonchev–Trinajstić information content (AvgIpc) is 3.09. The molecule has 1 saturated carbocycles. The van der Waals surface area contributed by atoms with Gasteiger partial charge < -0.3 is 0 Å². The normalized spacial score (nSPS) is 16.3. The zero-order valence-electron chi connectivity index (χ0n) is 10.2. The first-order chi connectivity index (χ1) is 8.90. The molecule has 0 N–H and O–H groups in total. The molecule has 2 aromatic rings. The number of hydrogen-bond acceptors (Lipinski definition) is 2. The molecule has 0 aromatic carbocycles. The largest absolute Gasteiger partial charge is 0.260 e. The molecule has 4 heteroatoms.